The number of aromatic nitrogens is 1. The summed E-state index contributed by atoms with van der Waals surface area (Å²) in [6, 6.07) is 8.69. The van der Waals surface area contributed by atoms with Crippen LogP contribution < -0.4 is 10.2 Å². The zero-order chi connectivity index (χ0) is 12.4. The maximum atomic E-state index is 4.38. The van der Waals surface area contributed by atoms with Crippen LogP contribution in [0.1, 0.15) is 17.4 Å². The van der Waals surface area contributed by atoms with Crippen LogP contribution in [0, 0.1) is 0 Å². The van der Waals surface area contributed by atoms with Gasteiger partial charge in [0.1, 0.15) is 0 Å². The van der Waals surface area contributed by atoms with Crippen LogP contribution >= 0.6 is 11.3 Å². The van der Waals surface area contributed by atoms with E-state index in [1.165, 1.54) is 16.1 Å². The normalized spacial score (nSPS) is 13.7. The van der Waals surface area contributed by atoms with Crippen LogP contribution in [-0.2, 0) is 13.0 Å². The molecule has 0 fully saturated rings. The van der Waals surface area contributed by atoms with Gasteiger partial charge in [0.05, 0.1) is 6.54 Å². The van der Waals surface area contributed by atoms with Crippen LogP contribution in [0.3, 0.4) is 0 Å². The topological polar surface area (TPSA) is 28.2 Å². The molecule has 3 nitrogen and oxygen atoms in total. The van der Waals surface area contributed by atoms with Gasteiger partial charge in [0, 0.05) is 29.9 Å². The summed E-state index contributed by atoms with van der Waals surface area (Å²) < 4.78 is 0. The van der Waals surface area contributed by atoms with E-state index in [0.717, 1.165) is 31.2 Å². The molecule has 0 amide bonds. The molecule has 0 saturated carbocycles. The summed E-state index contributed by atoms with van der Waals surface area (Å²) in [5, 5.41) is 4.29. The van der Waals surface area contributed by atoms with E-state index < -0.39 is 0 Å². The minimum absolute atomic E-state index is 0.930. The number of hydrogen-bond donors (Lipinski definition) is 1. The first-order valence-electron chi connectivity index (χ1n) is 6.38. The number of anilines is 2. The third kappa shape index (κ3) is 2.20. The Labute approximate surface area is 111 Å². The molecule has 2 heterocycles. The summed E-state index contributed by atoms with van der Waals surface area (Å²) in [7, 11) is 0. The minimum Gasteiger partial charge on any atom is -0.366 e. The maximum absolute atomic E-state index is 4.38. The van der Waals surface area contributed by atoms with Gasteiger partial charge in [0.15, 0.2) is 5.13 Å². The second-order valence-corrected chi connectivity index (χ2v) is 5.58. The molecule has 0 radical (unpaired) electrons. The van der Waals surface area contributed by atoms with Gasteiger partial charge in [-0.1, -0.05) is 18.2 Å². The third-order valence-corrected chi connectivity index (χ3v) is 4.15. The molecule has 3 rings (SSSR count). The van der Waals surface area contributed by atoms with Crippen LogP contribution in [0.4, 0.5) is 10.8 Å². The highest BCUT2D eigenvalue weighted by Gasteiger charge is 2.18. The van der Waals surface area contributed by atoms with E-state index in [4.69, 9.17) is 0 Å². The van der Waals surface area contributed by atoms with Crippen LogP contribution in [-0.4, -0.2) is 18.1 Å². The quantitative estimate of drug-likeness (QED) is 0.914. The number of hydrogen-bond acceptors (Lipinski definition) is 4. The Balaban J connectivity index is 1.73. The molecule has 2 aromatic rings. The minimum atomic E-state index is 0.930. The average molecular weight is 259 g/mol. The summed E-state index contributed by atoms with van der Waals surface area (Å²) in [5.74, 6) is 0. The van der Waals surface area contributed by atoms with E-state index >= 15 is 0 Å². The van der Waals surface area contributed by atoms with Gasteiger partial charge in [-0.2, -0.15) is 0 Å². The first-order valence-corrected chi connectivity index (χ1v) is 7.20. The predicted molar refractivity (Wildman–Crippen MR) is 77.5 cm³/mol. The first-order chi connectivity index (χ1) is 8.86. The van der Waals surface area contributed by atoms with E-state index in [-0.39, 0.29) is 0 Å². The van der Waals surface area contributed by atoms with Crippen LogP contribution in [0.15, 0.2) is 30.5 Å². The monoisotopic (exact) mass is 259 g/mol. The largest absolute Gasteiger partial charge is 0.366 e. The summed E-state index contributed by atoms with van der Waals surface area (Å²) in [5.41, 5.74) is 2.85. The van der Waals surface area contributed by atoms with E-state index in [1.807, 2.05) is 6.20 Å². The maximum Gasteiger partial charge on any atom is 0.182 e. The molecule has 4 heteroatoms. The van der Waals surface area contributed by atoms with E-state index in [2.05, 4.69) is 46.4 Å². The molecule has 0 unspecified atom stereocenters. The molecule has 1 aromatic heterocycles. The molecule has 0 atom stereocenters. The zero-order valence-corrected chi connectivity index (χ0v) is 11.3. The summed E-state index contributed by atoms with van der Waals surface area (Å²) in [4.78, 5) is 8.15. The molecule has 18 heavy (non-hydrogen) atoms. The average Bonchev–Trinajstić information content (AvgIpc) is 2.99. The van der Waals surface area contributed by atoms with Gasteiger partial charge in [0.2, 0.25) is 0 Å². The van der Waals surface area contributed by atoms with Crippen molar-refractivity contribution < 1.29 is 0 Å². The Morgan fingerprint density at radius 3 is 3.17 bits per heavy atom. The Hall–Kier alpha value is -1.55. The second kappa shape index (κ2) is 4.98. The Morgan fingerprint density at radius 2 is 2.28 bits per heavy atom. The van der Waals surface area contributed by atoms with E-state index in [9.17, 15) is 0 Å². The fourth-order valence-corrected chi connectivity index (χ4v) is 3.27. The van der Waals surface area contributed by atoms with Gasteiger partial charge in [-0.3, -0.25) is 0 Å². The van der Waals surface area contributed by atoms with Crippen molar-refractivity contribution in [3.8, 4) is 0 Å². The number of nitrogens with one attached hydrogen (secondary N) is 1. The number of fused-ring (bicyclic) bond motifs is 1. The lowest BCUT2D eigenvalue weighted by Gasteiger charge is -2.17. The van der Waals surface area contributed by atoms with Gasteiger partial charge in [0.25, 0.3) is 0 Å². The fraction of sp³-hybridized carbons (Fsp3) is 0.357. The lowest BCUT2D eigenvalue weighted by molar-refractivity contribution is 0.844. The fourth-order valence-electron chi connectivity index (χ4n) is 2.37. The summed E-state index contributed by atoms with van der Waals surface area (Å²) in [6.07, 6.45) is 3.15. The number of thiazole rings is 1. The molecule has 0 spiro atoms. The molecular weight excluding hydrogens is 242 g/mol. The Morgan fingerprint density at radius 1 is 1.39 bits per heavy atom. The molecule has 1 aliphatic heterocycles. The van der Waals surface area contributed by atoms with Crippen LogP contribution in [0.25, 0.3) is 0 Å². The molecule has 94 valence electrons. The molecule has 0 aliphatic carbocycles. The van der Waals surface area contributed by atoms with Gasteiger partial charge >= 0.3 is 0 Å². The first kappa shape index (κ1) is 11.5. The number of para-hydroxylation sites is 1. The standard InChI is InChI=1S/C14H17N3S/c1-2-15-14-16-9-12(18-14)10-17-8-7-11-5-3-4-6-13(11)17/h3-6,9H,2,7-8,10H2,1H3,(H,15,16). The number of benzene rings is 1. The Bertz CT molecular complexity index is 535. The smallest absolute Gasteiger partial charge is 0.182 e. The van der Waals surface area contributed by atoms with E-state index in [0.29, 0.717) is 0 Å². The molecule has 1 aromatic carbocycles. The Kier molecular flexibility index (Phi) is 3.19. The molecule has 0 bridgehead atoms. The zero-order valence-electron chi connectivity index (χ0n) is 10.5. The van der Waals surface area contributed by atoms with Crippen molar-refractivity contribution in [3.63, 3.8) is 0 Å². The van der Waals surface area contributed by atoms with Gasteiger partial charge < -0.3 is 10.2 Å². The second-order valence-electron chi connectivity index (χ2n) is 4.46. The lowest BCUT2D eigenvalue weighted by atomic mass is 10.2. The van der Waals surface area contributed by atoms with Crippen molar-refractivity contribution in [2.45, 2.75) is 19.9 Å². The highest BCUT2D eigenvalue weighted by molar-refractivity contribution is 7.15. The molecular formula is C14H17N3S. The van der Waals surface area contributed by atoms with Crippen molar-refractivity contribution >= 4 is 22.2 Å². The molecule has 1 N–H and O–H groups in total. The third-order valence-electron chi connectivity index (χ3n) is 3.21. The van der Waals surface area contributed by atoms with Crippen LogP contribution in [0.2, 0.25) is 0 Å². The van der Waals surface area contributed by atoms with Gasteiger partial charge in [-0.25, -0.2) is 4.98 Å². The number of rotatable bonds is 4. The lowest BCUT2D eigenvalue weighted by Crippen LogP contribution is -2.18. The highest BCUT2D eigenvalue weighted by atomic mass is 32.1. The van der Waals surface area contributed by atoms with Crippen LogP contribution in [0.5, 0.6) is 0 Å². The van der Waals surface area contributed by atoms with Gasteiger partial charge in [-0.05, 0) is 25.0 Å². The van der Waals surface area contributed by atoms with Crippen molar-refractivity contribution in [1.82, 2.24) is 4.98 Å². The highest BCUT2D eigenvalue weighted by Crippen LogP contribution is 2.30. The number of nitrogens with zero attached hydrogens (tertiary/aromatic N) is 2. The van der Waals surface area contributed by atoms with Crippen molar-refractivity contribution in [3.05, 3.63) is 40.9 Å². The van der Waals surface area contributed by atoms with Gasteiger partial charge in [-0.15, -0.1) is 11.3 Å². The predicted octanol–water partition coefficient (Wildman–Crippen LogP) is 3.14. The van der Waals surface area contributed by atoms with Crippen molar-refractivity contribution in [2.75, 3.05) is 23.3 Å². The van der Waals surface area contributed by atoms with E-state index in [1.54, 1.807) is 11.3 Å². The summed E-state index contributed by atoms with van der Waals surface area (Å²) in [6.45, 7) is 5.12. The molecule has 1 aliphatic rings. The molecule has 0 saturated heterocycles. The summed E-state index contributed by atoms with van der Waals surface area (Å²) >= 11 is 1.76. The van der Waals surface area contributed by atoms with Crippen molar-refractivity contribution in [2.24, 2.45) is 0 Å². The van der Waals surface area contributed by atoms with Crippen molar-refractivity contribution in [1.29, 1.82) is 0 Å². The SMILES string of the molecule is CCNc1ncc(CN2CCc3ccccc32)s1.